The van der Waals surface area contributed by atoms with Crippen molar-refractivity contribution in [2.45, 2.75) is 0 Å². The molecule has 2 rings (SSSR count). The maximum Gasteiger partial charge on any atom is 0.243 e. The van der Waals surface area contributed by atoms with Crippen LogP contribution in [-0.4, -0.2) is 17.1 Å². The average molecular weight is 277 g/mol. The quantitative estimate of drug-likeness (QED) is 0.925. The molecule has 1 heterocycles. The van der Waals surface area contributed by atoms with Crippen LogP contribution >= 0.6 is 11.6 Å². The summed E-state index contributed by atoms with van der Waals surface area (Å²) in [6.45, 7) is 0. The molecule has 1 aromatic carbocycles. The molecule has 96 valence electrons. The third kappa shape index (κ3) is 3.03. The van der Waals surface area contributed by atoms with Crippen LogP contribution in [0.5, 0.6) is 17.4 Å². The number of rotatable bonds is 3. The Kier molecular flexibility index (Phi) is 3.68. The van der Waals surface area contributed by atoms with Crippen molar-refractivity contribution in [3.05, 3.63) is 35.0 Å². The molecule has 0 saturated heterocycles. The predicted octanol–water partition coefficient (Wildman–Crippen LogP) is 2.38. The molecule has 0 atom stereocenters. The second-order valence-electron chi connectivity index (χ2n) is 3.49. The molecule has 0 bridgehead atoms. The fraction of sp³-hybridized carbons (Fsp3) is 0.0833. The number of ether oxygens (including phenoxy) is 2. The van der Waals surface area contributed by atoms with Crippen molar-refractivity contribution in [3.8, 4) is 23.4 Å². The molecule has 2 aromatic rings. The van der Waals surface area contributed by atoms with E-state index in [-0.39, 0.29) is 16.9 Å². The Balaban J connectivity index is 2.38. The van der Waals surface area contributed by atoms with Crippen molar-refractivity contribution in [2.24, 2.45) is 0 Å². The van der Waals surface area contributed by atoms with Gasteiger partial charge in [0.25, 0.3) is 0 Å². The summed E-state index contributed by atoms with van der Waals surface area (Å²) < 4.78 is 10.5. The van der Waals surface area contributed by atoms with E-state index in [1.54, 1.807) is 12.1 Å². The largest absolute Gasteiger partial charge is 0.497 e. The molecule has 0 amide bonds. The van der Waals surface area contributed by atoms with E-state index in [4.69, 9.17) is 32.1 Å². The highest BCUT2D eigenvalue weighted by Gasteiger charge is 2.09. The van der Waals surface area contributed by atoms with Crippen molar-refractivity contribution in [1.82, 2.24) is 9.97 Å². The van der Waals surface area contributed by atoms with Gasteiger partial charge in [0.2, 0.25) is 11.8 Å². The number of benzene rings is 1. The summed E-state index contributed by atoms with van der Waals surface area (Å²) >= 11 is 5.89. The zero-order chi connectivity index (χ0) is 13.8. The molecule has 1 aromatic heterocycles. The van der Waals surface area contributed by atoms with Gasteiger partial charge in [-0.1, -0.05) is 11.6 Å². The van der Waals surface area contributed by atoms with Crippen molar-refractivity contribution in [3.63, 3.8) is 0 Å². The summed E-state index contributed by atoms with van der Waals surface area (Å²) in [5, 5.41) is 9.13. The second-order valence-corrected chi connectivity index (χ2v) is 3.90. The summed E-state index contributed by atoms with van der Waals surface area (Å²) in [6.07, 6.45) is 1.34. The molecule has 0 radical (unpaired) electrons. The van der Waals surface area contributed by atoms with Gasteiger partial charge >= 0.3 is 0 Å². The molecule has 7 heteroatoms. The van der Waals surface area contributed by atoms with Gasteiger partial charge in [0.1, 0.15) is 16.5 Å². The Bertz CT molecular complexity index is 655. The zero-order valence-electron chi connectivity index (χ0n) is 9.92. The number of hydrogen-bond donors (Lipinski definition) is 1. The van der Waals surface area contributed by atoms with Gasteiger partial charge in [-0.25, -0.2) is 4.98 Å². The van der Waals surface area contributed by atoms with Crippen molar-refractivity contribution < 1.29 is 9.47 Å². The molecular formula is C12H9ClN4O2. The number of aromatic nitrogens is 2. The predicted molar refractivity (Wildman–Crippen MR) is 69.2 cm³/mol. The summed E-state index contributed by atoms with van der Waals surface area (Å²) in [7, 11) is 1.50. The van der Waals surface area contributed by atoms with E-state index in [9.17, 15) is 0 Å². The van der Waals surface area contributed by atoms with Gasteiger partial charge in [0.15, 0.2) is 0 Å². The van der Waals surface area contributed by atoms with Gasteiger partial charge in [-0.3, -0.25) is 0 Å². The molecular weight excluding hydrogens is 268 g/mol. The van der Waals surface area contributed by atoms with Crippen LogP contribution in [0.1, 0.15) is 5.56 Å². The Morgan fingerprint density at radius 1 is 1.32 bits per heavy atom. The SMILES string of the molecule is COc1cc(C#N)cc(Oc2nc(N)ncc2Cl)c1. The number of anilines is 1. The molecule has 19 heavy (non-hydrogen) atoms. The summed E-state index contributed by atoms with van der Waals surface area (Å²) in [5.41, 5.74) is 5.85. The number of hydrogen-bond acceptors (Lipinski definition) is 6. The van der Waals surface area contributed by atoms with E-state index in [1.807, 2.05) is 6.07 Å². The Morgan fingerprint density at radius 2 is 2.05 bits per heavy atom. The first-order chi connectivity index (χ1) is 9.12. The van der Waals surface area contributed by atoms with Gasteiger partial charge in [0, 0.05) is 6.07 Å². The number of methoxy groups -OCH3 is 1. The number of nitrogens with zero attached hydrogens (tertiary/aromatic N) is 3. The normalized spacial score (nSPS) is 9.74. The van der Waals surface area contributed by atoms with Crippen LogP contribution < -0.4 is 15.2 Å². The fourth-order valence-corrected chi connectivity index (χ4v) is 1.49. The molecule has 0 aliphatic heterocycles. The molecule has 2 N–H and O–H groups in total. The smallest absolute Gasteiger partial charge is 0.243 e. The molecule has 0 aliphatic carbocycles. The van der Waals surface area contributed by atoms with E-state index in [1.165, 1.54) is 19.4 Å². The number of nitrogens with two attached hydrogens (primary N) is 1. The fourth-order valence-electron chi connectivity index (χ4n) is 1.36. The molecule has 0 aliphatic rings. The minimum atomic E-state index is 0.0443. The van der Waals surface area contributed by atoms with Crippen LogP contribution in [0.15, 0.2) is 24.4 Å². The van der Waals surface area contributed by atoms with Crippen LogP contribution in [0.3, 0.4) is 0 Å². The minimum absolute atomic E-state index is 0.0443. The summed E-state index contributed by atoms with van der Waals surface area (Å²) in [6, 6.07) is 6.73. The topological polar surface area (TPSA) is 94.0 Å². The van der Waals surface area contributed by atoms with Crippen molar-refractivity contribution >= 4 is 17.5 Å². The van der Waals surface area contributed by atoms with E-state index < -0.39 is 0 Å². The van der Waals surface area contributed by atoms with E-state index in [0.29, 0.717) is 17.1 Å². The average Bonchev–Trinajstić information content (AvgIpc) is 2.42. The van der Waals surface area contributed by atoms with Crippen molar-refractivity contribution in [1.29, 1.82) is 5.26 Å². The minimum Gasteiger partial charge on any atom is -0.497 e. The highest BCUT2D eigenvalue weighted by molar-refractivity contribution is 6.31. The third-order valence-corrected chi connectivity index (χ3v) is 2.45. The number of halogens is 1. The standard InChI is InChI=1S/C12H9ClN4O2/c1-18-8-2-7(5-14)3-9(4-8)19-11-10(13)6-16-12(15)17-11/h2-4,6H,1H3,(H2,15,16,17). The number of nitriles is 1. The van der Waals surface area contributed by atoms with Gasteiger partial charge < -0.3 is 15.2 Å². The highest BCUT2D eigenvalue weighted by atomic mass is 35.5. The monoisotopic (exact) mass is 276 g/mol. The van der Waals surface area contributed by atoms with E-state index in [2.05, 4.69) is 9.97 Å². The lowest BCUT2D eigenvalue weighted by Gasteiger charge is -2.08. The Labute approximate surface area is 114 Å². The molecule has 0 unspecified atom stereocenters. The van der Waals surface area contributed by atoms with Crippen LogP contribution in [0.2, 0.25) is 5.02 Å². The van der Waals surface area contributed by atoms with Gasteiger partial charge in [-0.05, 0) is 12.1 Å². The summed E-state index contributed by atoms with van der Waals surface area (Å²) in [5.74, 6) is 1.03. The third-order valence-electron chi connectivity index (χ3n) is 2.19. The van der Waals surface area contributed by atoms with Gasteiger partial charge in [0.05, 0.1) is 24.9 Å². The summed E-state index contributed by atoms with van der Waals surface area (Å²) in [4.78, 5) is 7.59. The first-order valence-electron chi connectivity index (χ1n) is 5.17. The first kappa shape index (κ1) is 12.9. The maximum atomic E-state index is 8.91. The van der Waals surface area contributed by atoms with Crippen LogP contribution in [-0.2, 0) is 0 Å². The highest BCUT2D eigenvalue weighted by Crippen LogP contribution is 2.30. The Hall–Kier alpha value is -2.52. The lowest BCUT2D eigenvalue weighted by atomic mass is 10.2. The van der Waals surface area contributed by atoms with Gasteiger partial charge in [-0.2, -0.15) is 10.2 Å². The van der Waals surface area contributed by atoms with Crippen molar-refractivity contribution in [2.75, 3.05) is 12.8 Å². The maximum absolute atomic E-state index is 8.91. The van der Waals surface area contributed by atoms with Gasteiger partial charge in [-0.15, -0.1) is 0 Å². The zero-order valence-corrected chi connectivity index (χ0v) is 10.7. The van der Waals surface area contributed by atoms with Crippen LogP contribution in [0.25, 0.3) is 0 Å². The van der Waals surface area contributed by atoms with Crippen LogP contribution in [0, 0.1) is 11.3 Å². The number of nitrogen functional groups attached to an aromatic ring is 1. The van der Waals surface area contributed by atoms with E-state index in [0.717, 1.165) is 0 Å². The first-order valence-corrected chi connectivity index (χ1v) is 5.55. The lowest BCUT2D eigenvalue weighted by molar-refractivity contribution is 0.407. The Morgan fingerprint density at radius 3 is 2.74 bits per heavy atom. The van der Waals surface area contributed by atoms with E-state index >= 15 is 0 Å². The lowest BCUT2D eigenvalue weighted by Crippen LogP contribution is -1.97. The van der Waals surface area contributed by atoms with Crippen LogP contribution in [0.4, 0.5) is 5.95 Å². The molecule has 0 spiro atoms. The second kappa shape index (κ2) is 5.42. The molecule has 6 nitrogen and oxygen atoms in total. The molecule has 0 saturated carbocycles. The molecule has 0 fully saturated rings.